The number of pyridine rings is 1. The van der Waals surface area contributed by atoms with Crippen LogP contribution in [-0.2, 0) is 33.4 Å². The quantitative estimate of drug-likeness (QED) is 0.714. The molecule has 184 valence electrons. The highest BCUT2D eigenvalue weighted by Crippen LogP contribution is 2.47. The first-order valence-electron chi connectivity index (χ1n) is 11.8. The molecule has 0 radical (unpaired) electrons. The number of halogens is 3. The minimum atomic E-state index is -4.44. The summed E-state index contributed by atoms with van der Waals surface area (Å²) >= 11 is 0. The molecule has 2 aliphatic heterocycles. The molecule has 9 heteroatoms. The summed E-state index contributed by atoms with van der Waals surface area (Å²) in [4.78, 5) is 19.6. The number of aromatic nitrogens is 1. The van der Waals surface area contributed by atoms with Crippen molar-refractivity contribution in [3.63, 3.8) is 0 Å². The number of methoxy groups -OCH3 is 1. The van der Waals surface area contributed by atoms with Gasteiger partial charge in [0.05, 0.1) is 23.7 Å². The number of nitrogens with zero attached hydrogens (tertiary/aromatic N) is 2. The van der Waals surface area contributed by atoms with Crippen molar-refractivity contribution in [2.24, 2.45) is 11.3 Å². The lowest BCUT2D eigenvalue weighted by Crippen LogP contribution is -2.52. The van der Waals surface area contributed by atoms with Gasteiger partial charge in [0.1, 0.15) is 0 Å². The first-order valence-corrected chi connectivity index (χ1v) is 11.8. The van der Waals surface area contributed by atoms with E-state index in [2.05, 4.69) is 24.1 Å². The van der Waals surface area contributed by atoms with E-state index >= 15 is 0 Å². The summed E-state index contributed by atoms with van der Waals surface area (Å²) in [5.41, 5.74) is -0.121. The van der Waals surface area contributed by atoms with E-state index < -0.39 is 17.2 Å². The highest BCUT2D eigenvalue weighted by Gasteiger charge is 2.50. The summed E-state index contributed by atoms with van der Waals surface area (Å²) in [7, 11) is 1.69. The van der Waals surface area contributed by atoms with E-state index in [0.717, 1.165) is 37.9 Å². The van der Waals surface area contributed by atoms with Gasteiger partial charge >= 0.3 is 6.18 Å². The van der Waals surface area contributed by atoms with Crippen molar-refractivity contribution in [3.05, 3.63) is 29.1 Å². The molecule has 1 aromatic heterocycles. The van der Waals surface area contributed by atoms with Crippen molar-refractivity contribution >= 4 is 5.91 Å². The molecule has 4 rings (SSSR count). The molecule has 2 unspecified atom stereocenters. The van der Waals surface area contributed by atoms with Gasteiger partial charge in [0.2, 0.25) is 5.91 Å². The van der Waals surface area contributed by atoms with Gasteiger partial charge in [-0.1, -0.05) is 13.8 Å². The molecule has 3 aliphatic rings. The second-order valence-corrected chi connectivity index (χ2v) is 9.97. The third-order valence-electron chi connectivity index (χ3n) is 7.79. The van der Waals surface area contributed by atoms with Gasteiger partial charge in [0.25, 0.3) is 0 Å². The predicted octanol–water partition coefficient (Wildman–Crippen LogP) is 3.57. The van der Waals surface area contributed by atoms with Crippen molar-refractivity contribution in [2.45, 2.75) is 76.9 Å². The Morgan fingerprint density at radius 2 is 2.15 bits per heavy atom. The fourth-order valence-corrected chi connectivity index (χ4v) is 5.69. The Kier molecular flexibility index (Phi) is 7.03. The number of rotatable bonds is 5. The number of ether oxygens (including phenoxy) is 2. The van der Waals surface area contributed by atoms with E-state index in [9.17, 15) is 18.0 Å². The average Bonchev–Trinajstić information content (AvgIpc) is 3.23. The average molecular weight is 470 g/mol. The van der Waals surface area contributed by atoms with E-state index in [-0.39, 0.29) is 36.6 Å². The first-order chi connectivity index (χ1) is 15.6. The molecule has 1 aliphatic carbocycles. The SMILES string of the molecule is COC1COCCC1N[C@@H]1CC[C@](C(=O)N2CCc3ncc(C(F)(F)F)cc3C2)(C(C)C)C1. The Morgan fingerprint density at radius 1 is 1.36 bits per heavy atom. The Labute approximate surface area is 193 Å². The maximum atomic E-state index is 13.8. The molecule has 1 aromatic rings. The van der Waals surface area contributed by atoms with Crippen LogP contribution < -0.4 is 5.32 Å². The van der Waals surface area contributed by atoms with Crippen molar-refractivity contribution < 1.29 is 27.4 Å². The highest BCUT2D eigenvalue weighted by molar-refractivity contribution is 5.83. The minimum Gasteiger partial charge on any atom is -0.379 e. The first kappa shape index (κ1) is 24.4. The lowest BCUT2D eigenvalue weighted by Gasteiger charge is -2.40. The van der Waals surface area contributed by atoms with Crippen LogP contribution in [0.2, 0.25) is 0 Å². The molecule has 1 saturated heterocycles. The minimum absolute atomic E-state index is 0.00238. The van der Waals surface area contributed by atoms with Crippen molar-refractivity contribution in [1.82, 2.24) is 15.2 Å². The molecule has 3 heterocycles. The van der Waals surface area contributed by atoms with Crippen LogP contribution in [0.15, 0.2) is 12.3 Å². The van der Waals surface area contributed by atoms with E-state index in [0.29, 0.717) is 37.4 Å². The fraction of sp³-hybridized carbons (Fsp3) is 0.750. The number of fused-ring (bicyclic) bond motifs is 1. The number of amides is 1. The van der Waals surface area contributed by atoms with Gasteiger partial charge in [-0.15, -0.1) is 0 Å². The zero-order valence-corrected chi connectivity index (χ0v) is 19.6. The molecular formula is C24H34F3N3O3. The summed E-state index contributed by atoms with van der Waals surface area (Å²) < 4.78 is 50.6. The normalized spacial score (nSPS) is 30.5. The van der Waals surface area contributed by atoms with Gasteiger partial charge in [0, 0.05) is 57.2 Å². The predicted molar refractivity (Wildman–Crippen MR) is 116 cm³/mol. The molecular weight excluding hydrogens is 435 g/mol. The van der Waals surface area contributed by atoms with E-state index in [1.807, 2.05) is 0 Å². The summed E-state index contributed by atoms with van der Waals surface area (Å²) in [6, 6.07) is 1.55. The van der Waals surface area contributed by atoms with Gasteiger partial charge < -0.3 is 19.7 Å². The summed E-state index contributed by atoms with van der Waals surface area (Å²) in [6.45, 7) is 6.09. The summed E-state index contributed by atoms with van der Waals surface area (Å²) in [5, 5.41) is 3.72. The Hall–Kier alpha value is -1.71. The second-order valence-electron chi connectivity index (χ2n) is 9.97. The van der Waals surface area contributed by atoms with Crippen LogP contribution in [0.25, 0.3) is 0 Å². The number of alkyl halides is 3. The smallest absolute Gasteiger partial charge is 0.379 e. The van der Waals surface area contributed by atoms with Gasteiger partial charge in [-0.3, -0.25) is 9.78 Å². The van der Waals surface area contributed by atoms with Crippen LogP contribution in [0.1, 0.15) is 56.4 Å². The van der Waals surface area contributed by atoms with E-state index in [4.69, 9.17) is 9.47 Å². The molecule has 1 saturated carbocycles. The van der Waals surface area contributed by atoms with Crippen LogP contribution in [0.4, 0.5) is 13.2 Å². The molecule has 1 N–H and O–H groups in total. The third kappa shape index (κ3) is 4.91. The Bertz CT molecular complexity index is 863. The lowest BCUT2D eigenvalue weighted by molar-refractivity contribution is -0.146. The van der Waals surface area contributed by atoms with E-state index in [1.165, 1.54) is 0 Å². The van der Waals surface area contributed by atoms with Gasteiger partial charge in [-0.05, 0) is 43.2 Å². The largest absolute Gasteiger partial charge is 0.417 e. The number of hydrogen-bond donors (Lipinski definition) is 1. The van der Waals surface area contributed by atoms with Crippen LogP contribution in [0, 0.1) is 11.3 Å². The molecule has 33 heavy (non-hydrogen) atoms. The van der Waals surface area contributed by atoms with Crippen molar-refractivity contribution in [2.75, 3.05) is 26.9 Å². The van der Waals surface area contributed by atoms with Gasteiger partial charge in [-0.25, -0.2) is 0 Å². The summed E-state index contributed by atoms with van der Waals surface area (Å²) in [5.74, 6) is 0.186. The van der Waals surface area contributed by atoms with Crippen LogP contribution >= 0.6 is 0 Å². The Morgan fingerprint density at radius 3 is 2.85 bits per heavy atom. The molecule has 0 spiro atoms. The molecule has 0 aromatic carbocycles. The van der Waals surface area contributed by atoms with Crippen molar-refractivity contribution in [1.29, 1.82) is 0 Å². The van der Waals surface area contributed by atoms with Crippen LogP contribution in [0.3, 0.4) is 0 Å². The van der Waals surface area contributed by atoms with Crippen LogP contribution in [-0.4, -0.2) is 60.8 Å². The molecule has 0 bridgehead atoms. The number of hydrogen-bond acceptors (Lipinski definition) is 5. The van der Waals surface area contributed by atoms with Gasteiger partial charge in [0.15, 0.2) is 0 Å². The zero-order valence-electron chi connectivity index (χ0n) is 19.6. The fourth-order valence-electron chi connectivity index (χ4n) is 5.69. The highest BCUT2D eigenvalue weighted by atomic mass is 19.4. The maximum Gasteiger partial charge on any atom is 0.417 e. The number of carbonyl (C=O) groups excluding carboxylic acids is 1. The van der Waals surface area contributed by atoms with Crippen LogP contribution in [0.5, 0.6) is 0 Å². The topological polar surface area (TPSA) is 63.7 Å². The van der Waals surface area contributed by atoms with E-state index in [1.54, 1.807) is 12.0 Å². The number of nitrogens with one attached hydrogen (secondary N) is 1. The molecule has 4 atom stereocenters. The molecule has 1 amide bonds. The number of carbonyl (C=O) groups is 1. The molecule has 6 nitrogen and oxygen atoms in total. The van der Waals surface area contributed by atoms with Crippen molar-refractivity contribution in [3.8, 4) is 0 Å². The monoisotopic (exact) mass is 469 g/mol. The maximum absolute atomic E-state index is 13.8. The summed E-state index contributed by atoms with van der Waals surface area (Å²) in [6.07, 6.45) is 0.180. The standard InChI is InChI=1S/C24H34F3N3O3/c1-15(2)23(7-4-18(11-23)29-20-6-9-33-14-21(20)32-3)22(31)30-8-5-19-16(13-30)10-17(12-28-19)24(25,26)27/h10,12,15,18,20-21,29H,4-9,11,13-14H2,1-3H3/t18-,20?,21?,23-/m1/s1. The van der Waals surface area contributed by atoms with Gasteiger partial charge in [-0.2, -0.15) is 13.2 Å². The zero-order chi connectivity index (χ0) is 23.8. The molecule has 2 fully saturated rings. The lowest BCUT2D eigenvalue weighted by atomic mass is 9.74. The second kappa shape index (κ2) is 9.50. The third-order valence-corrected chi connectivity index (χ3v) is 7.79. The Balaban J connectivity index is 1.48.